The molecule has 36 heavy (non-hydrogen) atoms. The number of amides is 1. The molecule has 0 spiro atoms. The molecule has 0 aliphatic carbocycles. The summed E-state index contributed by atoms with van der Waals surface area (Å²) in [5, 5.41) is 0. The van der Waals surface area contributed by atoms with Gasteiger partial charge in [-0.15, -0.1) is 11.3 Å². The van der Waals surface area contributed by atoms with Gasteiger partial charge in [0.1, 0.15) is 23.4 Å². The van der Waals surface area contributed by atoms with Gasteiger partial charge in [-0.05, 0) is 54.3 Å². The fraction of sp³-hybridized carbons (Fsp3) is 0.308. The van der Waals surface area contributed by atoms with E-state index < -0.39 is 15.9 Å². The number of carbonyl (C=O) groups is 2. The predicted octanol–water partition coefficient (Wildman–Crippen LogP) is 3.82. The number of carbonyl (C=O) groups excluding carboxylic acids is 2. The Morgan fingerprint density at radius 2 is 2.03 bits per heavy atom. The Hall–Kier alpha value is -3.21. The number of hydrogen-bond donors (Lipinski definition) is 1. The highest BCUT2D eigenvalue weighted by Crippen LogP contribution is 2.35. The van der Waals surface area contributed by atoms with E-state index in [4.69, 9.17) is 15.2 Å². The van der Waals surface area contributed by atoms with Crippen LogP contribution >= 0.6 is 11.3 Å². The molecule has 0 saturated heterocycles. The Balaban J connectivity index is 1.71. The summed E-state index contributed by atoms with van der Waals surface area (Å²) in [5.74, 6) is -0.488. The van der Waals surface area contributed by atoms with Gasteiger partial charge >= 0.3 is 0 Å². The molecule has 1 aliphatic rings. The molecule has 190 valence electrons. The van der Waals surface area contributed by atoms with Crippen molar-refractivity contribution < 1.29 is 27.5 Å². The SMILES string of the molecule is CC[C@@H]1CN(Cc2cc(C(COC=O)c3ccc(C(N)=O)s3)ccc2C)S(=O)(=O)c2ccccc2O1. The Morgan fingerprint density at radius 1 is 1.25 bits per heavy atom. The second kappa shape index (κ2) is 10.8. The summed E-state index contributed by atoms with van der Waals surface area (Å²) in [6, 6.07) is 15.9. The fourth-order valence-corrected chi connectivity index (χ4v) is 6.77. The normalized spacial score (nSPS) is 17.9. The van der Waals surface area contributed by atoms with Crippen LogP contribution in [-0.4, -0.2) is 44.4 Å². The molecule has 0 bridgehead atoms. The third-order valence-electron chi connectivity index (χ3n) is 6.29. The number of nitrogens with two attached hydrogens (primary N) is 1. The van der Waals surface area contributed by atoms with Crippen LogP contribution in [0.3, 0.4) is 0 Å². The van der Waals surface area contributed by atoms with Crippen molar-refractivity contribution in [1.29, 1.82) is 0 Å². The first-order chi connectivity index (χ1) is 17.2. The van der Waals surface area contributed by atoms with Gasteiger partial charge in [-0.2, -0.15) is 4.31 Å². The van der Waals surface area contributed by atoms with Crippen LogP contribution in [0.5, 0.6) is 5.75 Å². The van der Waals surface area contributed by atoms with Crippen LogP contribution in [0.4, 0.5) is 0 Å². The first kappa shape index (κ1) is 25.9. The molecule has 10 heteroatoms. The molecule has 1 aliphatic heterocycles. The third-order valence-corrected chi connectivity index (χ3v) is 9.35. The molecular formula is C26H28N2O6S2. The van der Waals surface area contributed by atoms with Crippen LogP contribution in [0.15, 0.2) is 59.5 Å². The van der Waals surface area contributed by atoms with Gasteiger partial charge in [-0.1, -0.05) is 37.3 Å². The van der Waals surface area contributed by atoms with Crippen LogP contribution in [0.25, 0.3) is 0 Å². The van der Waals surface area contributed by atoms with E-state index in [0.29, 0.717) is 23.5 Å². The van der Waals surface area contributed by atoms with E-state index in [0.717, 1.165) is 21.6 Å². The molecule has 4 rings (SSSR count). The van der Waals surface area contributed by atoms with Crippen LogP contribution in [0.2, 0.25) is 0 Å². The molecule has 3 aromatic rings. The summed E-state index contributed by atoms with van der Waals surface area (Å²) < 4.78 is 39.8. The standard InChI is InChI=1S/C26H28N2O6S2/c1-3-20-14-28(36(31,32)25-7-5-4-6-22(25)34-20)13-19-12-18(9-8-17(19)2)21(15-33-16-29)23-10-11-24(35-23)26(27)30/h4-12,16,20-21H,3,13-15H2,1-2H3,(H2,27,30)/t20-,21?/m1/s1. The second-order valence-electron chi connectivity index (χ2n) is 8.63. The van der Waals surface area contributed by atoms with E-state index in [2.05, 4.69) is 0 Å². The number of para-hydroxylation sites is 1. The number of rotatable bonds is 9. The monoisotopic (exact) mass is 528 g/mol. The molecule has 2 heterocycles. The molecule has 0 radical (unpaired) electrons. The summed E-state index contributed by atoms with van der Waals surface area (Å²) in [7, 11) is -3.79. The lowest BCUT2D eigenvalue weighted by atomic mass is 9.94. The molecule has 2 atom stereocenters. The average molecular weight is 529 g/mol. The van der Waals surface area contributed by atoms with E-state index in [1.54, 1.807) is 36.4 Å². The molecule has 8 nitrogen and oxygen atoms in total. The number of sulfonamides is 1. The van der Waals surface area contributed by atoms with Crippen LogP contribution in [-0.2, 0) is 26.1 Å². The highest BCUT2D eigenvalue weighted by molar-refractivity contribution is 7.89. The van der Waals surface area contributed by atoms with Crippen molar-refractivity contribution in [2.45, 2.75) is 43.7 Å². The van der Waals surface area contributed by atoms with Gasteiger partial charge in [0, 0.05) is 11.4 Å². The molecule has 1 aromatic heterocycles. The van der Waals surface area contributed by atoms with Crippen molar-refractivity contribution in [1.82, 2.24) is 4.31 Å². The topological polar surface area (TPSA) is 116 Å². The van der Waals surface area contributed by atoms with Gasteiger partial charge in [-0.25, -0.2) is 8.42 Å². The second-order valence-corrected chi connectivity index (χ2v) is 11.6. The van der Waals surface area contributed by atoms with Gasteiger partial charge in [0.05, 0.1) is 17.3 Å². The van der Waals surface area contributed by atoms with Crippen molar-refractivity contribution in [3.8, 4) is 5.75 Å². The number of aryl methyl sites for hydroxylation is 1. The summed E-state index contributed by atoms with van der Waals surface area (Å²) >= 11 is 1.24. The minimum atomic E-state index is -3.79. The maximum atomic E-state index is 13.6. The quantitative estimate of drug-likeness (QED) is 0.422. The number of hydrogen-bond acceptors (Lipinski definition) is 7. The Kier molecular flexibility index (Phi) is 7.77. The maximum absolute atomic E-state index is 13.6. The van der Waals surface area contributed by atoms with Crippen molar-refractivity contribution >= 4 is 33.7 Å². The fourth-order valence-electron chi connectivity index (χ4n) is 4.22. The Morgan fingerprint density at radius 3 is 2.72 bits per heavy atom. The number of primary amides is 1. The number of nitrogens with zero attached hydrogens (tertiary/aromatic N) is 1. The first-order valence-corrected chi connectivity index (χ1v) is 13.8. The van der Waals surface area contributed by atoms with Crippen LogP contribution in [0.1, 0.15) is 50.5 Å². The van der Waals surface area contributed by atoms with Crippen molar-refractivity contribution in [2.75, 3.05) is 13.2 Å². The van der Waals surface area contributed by atoms with Crippen molar-refractivity contribution in [3.05, 3.63) is 81.0 Å². The Bertz CT molecular complexity index is 1370. The van der Waals surface area contributed by atoms with E-state index in [-0.39, 0.29) is 36.6 Å². The highest BCUT2D eigenvalue weighted by atomic mass is 32.2. The van der Waals surface area contributed by atoms with Gasteiger partial charge in [0.25, 0.3) is 12.4 Å². The largest absolute Gasteiger partial charge is 0.488 e. The minimum absolute atomic E-state index is 0.0753. The average Bonchev–Trinajstić information content (AvgIpc) is 3.32. The molecule has 0 saturated carbocycles. The molecular weight excluding hydrogens is 500 g/mol. The van der Waals surface area contributed by atoms with E-state index in [9.17, 15) is 18.0 Å². The van der Waals surface area contributed by atoms with Gasteiger partial charge in [0.15, 0.2) is 0 Å². The summed E-state index contributed by atoms with van der Waals surface area (Å²) in [6.07, 6.45) is 0.379. The van der Waals surface area contributed by atoms with Crippen molar-refractivity contribution in [3.63, 3.8) is 0 Å². The maximum Gasteiger partial charge on any atom is 0.293 e. The molecule has 1 unspecified atom stereocenters. The zero-order chi connectivity index (χ0) is 25.9. The summed E-state index contributed by atoms with van der Waals surface area (Å²) in [6.45, 7) is 4.74. The summed E-state index contributed by atoms with van der Waals surface area (Å²) in [5.41, 5.74) is 8.02. The smallest absolute Gasteiger partial charge is 0.293 e. The molecule has 2 N–H and O–H groups in total. The Labute approximate surface area is 214 Å². The number of thiophene rings is 1. The zero-order valence-corrected chi connectivity index (χ0v) is 21.7. The van der Waals surface area contributed by atoms with Crippen molar-refractivity contribution in [2.24, 2.45) is 5.73 Å². The van der Waals surface area contributed by atoms with Crippen LogP contribution < -0.4 is 10.5 Å². The van der Waals surface area contributed by atoms with Gasteiger partial charge in [0.2, 0.25) is 10.0 Å². The van der Waals surface area contributed by atoms with E-state index >= 15 is 0 Å². The molecule has 1 amide bonds. The number of fused-ring (bicyclic) bond motifs is 1. The summed E-state index contributed by atoms with van der Waals surface area (Å²) in [4.78, 5) is 23.9. The highest BCUT2D eigenvalue weighted by Gasteiger charge is 2.34. The molecule has 0 fully saturated rings. The lowest BCUT2D eigenvalue weighted by Gasteiger charge is -2.24. The van der Waals surface area contributed by atoms with Gasteiger partial charge in [-0.3, -0.25) is 9.59 Å². The minimum Gasteiger partial charge on any atom is -0.488 e. The lowest BCUT2D eigenvalue weighted by molar-refractivity contribution is -0.128. The third kappa shape index (κ3) is 5.30. The van der Waals surface area contributed by atoms with E-state index in [1.165, 1.54) is 15.6 Å². The molecule has 2 aromatic carbocycles. The zero-order valence-electron chi connectivity index (χ0n) is 20.0. The van der Waals surface area contributed by atoms with Crippen LogP contribution in [0, 0.1) is 6.92 Å². The first-order valence-electron chi connectivity index (χ1n) is 11.5. The van der Waals surface area contributed by atoms with E-state index in [1.807, 2.05) is 32.0 Å². The number of benzene rings is 2. The lowest BCUT2D eigenvalue weighted by Crippen LogP contribution is -2.36. The number of ether oxygens (including phenoxy) is 2. The van der Waals surface area contributed by atoms with Gasteiger partial charge < -0.3 is 15.2 Å². The predicted molar refractivity (Wildman–Crippen MR) is 137 cm³/mol.